The summed E-state index contributed by atoms with van der Waals surface area (Å²) in [6.07, 6.45) is 1.94. The molecule has 0 spiro atoms. The molecule has 1 aromatic heterocycles. The van der Waals surface area contributed by atoms with E-state index in [9.17, 15) is 9.59 Å². The van der Waals surface area contributed by atoms with E-state index in [1.807, 2.05) is 12.1 Å². The van der Waals surface area contributed by atoms with Crippen LogP contribution in [-0.4, -0.2) is 38.4 Å². The predicted octanol–water partition coefficient (Wildman–Crippen LogP) is 2.59. The van der Waals surface area contributed by atoms with Gasteiger partial charge < -0.3 is 5.32 Å². The van der Waals surface area contributed by atoms with E-state index in [-0.39, 0.29) is 11.9 Å². The summed E-state index contributed by atoms with van der Waals surface area (Å²) in [4.78, 5) is 27.9. The number of benzene rings is 1. The summed E-state index contributed by atoms with van der Waals surface area (Å²) in [7, 11) is 0. The maximum atomic E-state index is 12.0. The predicted molar refractivity (Wildman–Crippen MR) is 91.8 cm³/mol. The first-order valence-corrected chi connectivity index (χ1v) is 8.73. The third-order valence-electron chi connectivity index (χ3n) is 3.38. The molecule has 3 amide bonds. The number of urea groups is 1. The Balaban J connectivity index is 1.56. The Hall–Kier alpha value is -2.06. The van der Waals surface area contributed by atoms with Gasteiger partial charge in [-0.25, -0.2) is 9.78 Å². The lowest BCUT2D eigenvalue weighted by Gasteiger charge is -2.09. The third-order valence-corrected chi connectivity index (χ3v) is 4.60. The summed E-state index contributed by atoms with van der Waals surface area (Å²) in [6.45, 7) is 1.70. The van der Waals surface area contributed by atoms with Gasteiger partial charge in [-0.3, -0.25) is 15.2 Å². The normalized spacial score (nSPS) is 14.9. The summed E-state index contributed by atoms with van der Waals surface area (Å²) in [5.74, 6) is 0.212. The molecule has 3 N–H and O–H groups in total. The number of H-pyrrole nitrogens is 1. The molecule has 1 fully saturated rings. The van der Waals surface area contributed by atoms with Crippen molar-refractivity contribution >= 4 is 35.3 Å². The second kappa shape index (κ2) is 7.23. The zero-order valence-electron chi connectivity index (χ0n) is 12.9. The number of nitrogens with one attached hydrogen (secondary N) is 3. The van der Waals surface area contributed by atoms with Crippen LogP contribution < -0.4 is 10.6 Å². The quantitative estimate of drug-likeness (QED) is 0.707. The van der Waals surface area contributed by atoms with Gasteiger partial charge in [0.15, 0.2) is 5.82 Å². The van der Waals surface area contributed by atoms with Crippen molar-refractivity contribution < 1.29 is 9.59 Å². The second-order valence-corrected chi connectivity index (χ2v) is 7.21. The van der Waals surface area contributed by atoms with Crippen molar-refractivity contribution in [3.05, 3.63) is 29.3 Å². The smallest absolute Gasteiger partial charge is 0.321 e. The van der Waals surface area contributed by atoms with Crippen molar-refractivity contribution in [2.75, 3.05) is 0 Å². The van der Waals surface area contributed by atoms with Crippen LogP contribution in [0.25, 0.3) is 11.4 Å². The van der Waals surface area contributed by atoms with Crippen LogP contribution in [0.3, 0.4) is 0 Å². The number of nitrogens with zero attached hydrogens (tertiary/aromatic N) is 2. The molecule has 1 saturated carbocycles. The Morgan fingerprint density at radius 3 is 2.71 bits per heavy atom. The minimum atomic E-state index is -0.496. The van der Waals surface area contributed by atoms with Gasteiger partial charge in [0.25, 0.3) is 0 Å². The van der Waals surface area contributed by atoms with E-state index in [1.54, 1.807) is 19.1 Å². The number of amides is 3. The lowest BCUT2D eigenvalue weighted by molar-refractivity contribution is -0.119. The fraction of sp³-hybridized carbons (Fsp3) is 0.333. The zero-order valence-corrected chi connectivity index (χ0v) is 14.4. The molecular weight excluding hydrogens is 350 g/mol. The number of aromatic amines is 1. The number of rotatable bonds is 5. The van der Waals surface area contributed by atoms with Crippen LogP contribution in [0.4, 0.5) is 4.79 Å². The zero-order chi connectivity index (χ0) is 17.1. The molecule has 0 saturated heterocycles. The molecule has 7 nitrogen and oxygen atoms in total. The van der Waals surface area contributed by atoms with Gasteiger partial charge in [0.2, 0.25) is 11.1 Å². The highest BCUT2D eigenvalue weighted by Crippen LogP contribution is 2.23. The SMILES string of the molecule is C[C@@H](Sc1n[nH]c(-c2ccc(Cl)cc2)n1)C(=O)NC(=O)NC1CC1. The molecule has 0 aliphatic heterocycles. The van der Waals surface area contributed by atoms with E-state index >= 15 is 0 Å². The molecule has 0 radical (unpaired) electrons. The van der Waals surface area contributed by atoms with Gasteiger partial charge in [0, 0.05) is 16.6 Å². The summed E-state index contributed by atoms with van der Waals surface area (Å²) >= 11 is 7.03. The van der Waals surface area contributed by atoms with E-state index in [1.165, 1.54) is 11.8 Å². The number of hydrogen-bond donors (Lipinski definition) is 3. The molecule has 1 aliphatic rings. The molecule has 126 valence electrons. The highest BCUT2D eigenvalue weighted by Gasteiger charge is 2.25. The van der Waals surface area contributed by atoms with Crippen molar-refractivity contribution in [2.45, 2.75) is 36.2 Å². The summed E-state index contributed by atoms with van der Waals surface area (Å²) in [6, 6.07) is 6.94. The molecule has 0 bridgehead atoms. The lowest BCUT2D eigenvalue weighted by atomic mass is 10.2. The summed E-state index contributed by atoms with van der Waals surface area (Å²) < 4.78 is 0. The number of imide groups is 1. The summed E-state index contributed by atoms with van der Waals surface area (Å²) in [5.41, 5.74) is 0.847. The lowest BCUT2D eigenvalue weighted by Crippen LogP contribution is -2.43. The van der Waals surface area contributed by atoms with Crippen LogP contribution in [-0.2, 0) is 4.79 Å². The Morgan fingerprint density at radius 1 is 1.33 bits per heavy atom. The monoisotopic (exact) mass is 365 g/mol. The van der Waals surface area contributed by atoms with E-state index in [2.05, 4.69) is 25.8 Å². The van der Waals surface area contributed by atoms with Crippen molar-refractivity contribution in [1.82, 2.24) is 25.8 Å². The molecule has 0 unspecified atom stereocenters. The largest absolute Gasteiger partial charge is 0.335 e. The van der Waals surface area contributed by atoms with E-state index in [4.69, 9.17) is 11.6 Å². The third kappa shape index (κ3) is 4.48. The van der Waals surface area contributed by atoms with E-state index < -0.39 is 11.3 Å². The van der Waals surface area contributed by atoms with Crippen molar-refractivity contribution in [3.63, 3.8) is 0 Å². The number of aromatic nitrogens is 3. The average Bonchev–Trinajstić information content (AvgIpc) is 3.23. The first-order chi connectivity index (χ1) is 11.5. The minimum Gasteiger partial charge on any atom is -0.335 e. The fourth-order valence-corrected chi connectivity index (χ4v) is 2.76. The highest BCUT2D eigenvalue weighted by molar-refractivity contribution is 8.00. The number of hydrogen-bond acceptors (Lipinski definition) is 5. The van der Waals surface area contributed by atoms with Crippen molar-refractivity contribution in [3.8, 4) is 11.4 Å². The molecule has 1 aromatic carbocycles. The van der Waals surface area contributed by atoms with Crippen molar-refractivity contribution in [2.24, 2.45) is 0 Å². The van der Waals surface area contributed by atoms with Crippen LogP contribution >= 0.6 is 23.4 Å². The molecule has 2 aromatic rings. The van der Waals surface area contributed by atoms with Crippen LogP contribution in [0.2, 0.25) is 5.02 Å². The molecular formula is C15H16ClN5O2S. The standard InChI is InChI=1S/C15H16ClN5O2S/c1-8(13(22)19-14(23)17-11-6-7-11)24-15-18-12(20-21-15)9-2-4-10(16)5-3-9/h2-5,8,11H,6-7H2,1H3,(H,18,20,21)(H2,17,19,22,23)/t8-/m1/s1. The first-order valence-electron chi connectivity index (χ1n) is 7.47. The van der Waals surface area contributed by atoms with Gasteiger partial charge in [-0.1, -0.05) is 23.4 Å². The maximum absolute atomic E-state index is 12.0. The van der Waals surface area contributed by atoms with Gasteiger partial charge in [-0.15, -0.1) is 5.10 Å². The average molecular weight is 366 g/mol. The molecule has 24 heavy (non-hydrogen) atoms. The minimum absolute atomic E-state index is 0.204. The molecule has 1 aliphatic carbocycles. The van der Waals surface area contributed by atoms with E-state index in [0.717, 1.165) is 18.4 Å². The number of carbonyl (C=O) groups is 2. The van der Waals surface area contributed by atoms with Crippen molar-refractivity contribution in [1.29, 1.82) is 0 Å². The Morgan fingerprint density at radius 2 is 2.04 bits per heavy atom. The van der Waals surface area contributed by atoms with E-state index in [0.29, 0.717) is 16.0 Å². The topological polar surface area (TPSA) is 99.8 Å². The van der Waals surface area contributed by atoms with Gasteiger partial charge in [-0.2, -0.15) is 0 Å². The van der Waals surface area contributed by atoms with Crippen LogP contribution in [0.5, 0.6) is 0 Å². The molecule has 3 rings (SSSR count). The van der Waals surface area contributed by atoms with Gasteiger partial charge in [0.1, 0.15) is 0 Å². The van der Waals surface area contributed by atoms with Crippen LogP contribution in [0.15, 0.2) is 29.4 Å². The van der Waals surface area contributed by atoms with Gasteiger partial charge in [-0.05, 0) is 44.0 Å². The number of thioether (sulfide) groups is 1. The Bertz CT molecular complexity index is 745. The first kappa shape index (κ1) is 16.8. The molecule has 1 atom stereocenters. The molecule has 9 heteroatoms. The van der Waals surface area contributed by atoms with Gasteiger partial charge >= 0.3 is 6.03 Å². The van der Waals surface area contributed by atoms with Crippen LogP contribution in [0, 0.1) is 0 Å². The highest BCUT2D eigenvalue weighted by atomic mass is 35.5. The Labute approximate surface area is 148 Å². The number of carbonyl (C=O) groups excluding carboxylic acids is 2. The number of halogens is 1. The van der Waals surface area contributed by atoms with Gasteiger partial charge in [0.05, 0.1) is 5.25 Å². The van der Waals surface area contributed by atoms with Crippen LogP contribution in [0.1, 0.15) is 19.8 Å². The maximum Gasteiger partial charge on any atom is 0.321 e. The second-order valence-electron chi connectivity index (χ2n) is 5.47. The molecule has 1 heterocycles. The Kier molecular flexibility index (Phi) is 5.06. The summed E-state index contributed by atoms with van der Waals surface area (Å²) in [5, 5.41) is 12.5. The fourth-order valence-electron chi connectivity index (χ4n) is 1.91.